The van der Waals surface area contributed by atoms with Gasteiger partial charge < -0.3 is 10.4 Å². The first-order valence-corrected chi connectivity index (χ1v) is 10.7. The molecule has 1 unspecified atom stereocenters. The van der Waals surface area contributed by atoms with Crippen LogP contribution in [0.1, 0.15) is 35.7 Å². The maximum Gasteiger partial charge on any atom is 0.296 e. The molecule has 0 bridgehead atoms. The molecule has 0 aliphatic carbocycles. The number of hydrogen-bond donors (Lipinski definition) is 2. The summed E-state index contributed by atoms with van der Waals surface area (Å²) in [5.41, 5.74) is -0.314. The summed E-state index contributed by atoms with van der Waals surface area (Å²) in [6.07, 6.45) is 2.68. The molecule has 31 heavy (non-hydrogen) atoms. The molecule has 162 valence electrons. The predicted molar refractivity (Wildman–Crippen MR) is 109 cm³/mol. The lowest BCUT2D eigenvalue weighted by Crippen LogP contribution is -2.43. The molecule has 3 heterocycles. The van der Waals surface area contributed by atoms with E-state index < -0.39 is 44.3 Å². The zero-order valence-corrected chi connectivity index (χ0v) is 17.5. The van der Waals surface area contributed by atoms with Crippen LogP contribution in [0.15, 0.2) is 35.6 Å². The van der Waals surface area contributed by atoms with Gasteiger partial charge in [-0.1, -0.05) is 6.07 Å². The predicted octanol–water partition coefficient (Wildman–Crippen LogP) is 0.596. The van der Waals surface area contributed by atoms with Crippen LogP contribution in [0.5, 0.6) is 5.75 Å². The fourth-order valence-corrected chi connectivity index (χ4v) is 4.61. The topological polar surface area (TPSA) is 132 Å². The van der Waals surface area contributed by atoms with E-state index in [0.29, 0.717) is 11.3 Å². The zero-order chi connectivity index (χ0) is 22.3. The van der Waals surface area contributed by atoms with Crippen molar-refractivity contribution < 1.29 is 18.5 Å². The van der Waals surface area contributed by atoms with Gasteiger partial charge in [-0.2, -0.15) is 5.10 Å². The van der Waals surface area contributed by atoms with E-state index in [2.05, 4.69) is 20.4 Å². The molecule has 1 atom stereocenters. The Morgan fingerprint density at radius 2 is 2.16 bits per heavy atom. The first-order valence-electron chi connectivity index (χ1n) is 9.34. The number of rotatable bonds is 4. The minimum Gasteiger partial charge on any atom is -0.501 e. The average molecular weight is 446 g/mol. The molecule has 0 spiro atoms. The summed E-state index contributed by atoms with van der Waals surface area (Å²) < 4.78 is 27.7. The number of nitrogens with one attached hydrogen (secondary N) is 1. The lowest BCUT2D eigenvalue weighted by atomic mass is 10.1. The van der Waals surface area contributed by atoms with E-state index in [0.717, 1.165) is 0 Å². The highest BCUT2D eigenvalue weighted by molar-refractivity contribution is 7.86. The number of carbonyl (C=O) groups excluding carboxylic acids is 1. The maximum atomic E-state index is 13.7. The van der Waals surface area contributed by atoms with Crippen LogP contribution in [0.2, 0.25) is 0 Å². The molecule has 0 saturated carbocycles. The third-order valence-corrected chi connectivity index (χ3v) is 7.00. The third kappa shape index (κ3) is 3.63. The number of benzene rings is 1. The van der Waals surface area contributed by atoms with Gasteiger partial charge in [0.05, 0.1) is 10.4 Å². The number of nitrogens with zero attached hydrogens (tertiary/aromatic N) is 5. The lowest BCUT2D eigenvalue weighted by molar-refractivity contribution is 0.0941. The van der Waals surface area contributed by atoms with Crippen LogP contribution in [0.3, 0.4) is 0 Å². The fraction of sp³-hybridized carbons (Fsp3) is 0.316. The van der Waals surface area contributed by atoms with Crippen molar-refractivity contribution in [2.45, 2.75) is 31.7 Å². The Labute approximate surface area is 178 Å². The molecule has 10 nitrogen and oxygen atoms in total. The normalized spacial score (nSPS) is 17.2. The Balaban J connectivity index is 1.66. The maximum absolute atomic E-state index is 13.7. The molecule has 2 N–H and O–H groups in total. The zero-order valence-electron chi connectivity index (χ0n) is 16.7. The van der Waals surface area contributed by atoms with Crippen molar-refractivity contribution in [3.05, 3.63) is 64.1 Å². The van der Waals surface area contributed by atoms with Crippen molar-refractivity contribution in [3.63, 3.8) is 0 Å². The van der Waals surface area contributed by atoms with Crippen molar-refractivity contribution >= 4 is 16.7 Å². The number of hydrogen-bond acceptors (Lipinski definition) is 7. The summed E-state index contributed by atoms with van der Waals surface area (Å²) >= 11 is 0. The molecule has 0 saturated heterocycles. The molecule has 0 fully saturated rings. The summed E-state index contributed by atoms with van der Waals surface area (Å²) in [6.45, 7) is 3.43. The molecule has 4 rings (SSSR count). The largest absolute Gasteiger partial charge is 0.501 e. The number of fused-ring (bicyclic) bond motifs is 1. The molecular formula is C19H19FN6O4S. The van der Waals surface area contributed by atoms with Crippen LogP contribution < -0.4 is 10.9 Å². The first-order chi connectivity index (χ1) is 14.7. The summed E-state index contributed by atoms with van der Waals surface area (Å²) in [7, 11) is -1.29. The van der Waals surface area contributed by atoms with Gasteiger partial charge in [-0.3, -0.25) is 18.4 Å². The van der Waals surface area contributed by atoms with Crippen molar-refractivity contribution in [3.8, 4) is 11.4 Å². The van der Waals surface area contributed by atoms with Gasteiger partial charge in [0.1, 0.15) is 24.3 Å². The monoisotopic (exact) mass is 446 g/mol. The quantitative estimate of drug-likeness (QED) is 0.600. The number of aromatic hydroxyl groups is 1. The van der Waals surface area contributed by atoms with Crippen LogP contribution in [-0.4, -0.2) is 45.3 Å². The molecular weight excluding hydrogens is 427 g/mol. The van der Waals surface area contributed by atoms with Gasteiger partial charge in [0.2, 0.25) is 5.75 Å². The molecule has 1 aliphatic heterocycles. The fourth-order valence-electron chi connectivity index (χ4n) is 3.39. The van der Waals surface area contributed by atoms with Gasteiger partial charge in [-0.25, -0.2) is 19.0 Å². The molecule has 2 aromatic heterocycles. The van der Waals surface area contributed by atoms with E-state index >= 15 is 0 Å². The summed E-state index contributed by atoms with van der Waals surface area (Å²) in [4.78, 5) is 33.4. The lowest BCUT2D eigenvalue weighted by Gasteiger charge is -2.31. The molecule has 1 aliphatic rings. The molecule has 1 amide bonds. The van der Waals surface area contributed by atoms with E-state index in [1.54, 1.807) is 13.8 Å². The summed E-state index contributed by atoms with van der Waals surface area (Å²) in [6, 6.07) is 3.96. The minimum atomic E-state index is -1.29. The highest BCUT2D eigenvalue weighted by Crippen LogP contribution is 2.30. The smallest absolute Gasteiger partial charge is 0.296 e. The number of carbonyl (C=O) groups is 1. The van der Waals surface area contributed by atoms with Gasteiger partial charge in [0, 0.05) is 29.6 Å². The van der Waals surface area contributed by atoms with E-state index in [9.17, 15) is 23.3 Å². The second-order valence-electron chi connectivity index (χ2n) is 7.45. The summed E-state index contributed by atoms with van der Waals surface area (Å²) in [5, 5.41) is 16.8. The van der Waals surface area contributed by atoms with Crippen molar-refractivity contribution in [1.29, 1.82) is 0 Å². The summed E-state index contributed by atoms with van der Waals surface area (Å²) in [5.74, 6) is -1.63. The van der Waals surface area contributed by atoms with Crippen LogP contribution in [0, 0.1) is 5.82 Å². The van der Waals surface area contributed by atoms with Gasteiger partial charge in [0.25, 0.3) is 11.5 Å². The van der Waals surface area contributed by atoms with Crippen LogP contribution in [0.4, 0.5) is 4.39 Å². The van der Waals surface area contributed by atoms with E-state index in [-0.39, 0.29) is 24.7 Å². The van der Waals surface area contributed by atoms with Gasteiger partial charge in [-0.15, -0.1) is 0 Å². The molecule has 1 aromatic carbocycles. The second-order valence-corrected chi connectivity index (χ2v) is 9.57. The Morgan fingerprint density at radius 1 is 1.39 bits per heavy atom. The van der Waals surface area contributed by atoms with Crippen LogP contribution in [-0.2, 0) is 28.6 Å². The number of halogens is 1. The SMILES string of the molecule is CC1(C)c2nc(C(=O)NCc3ccc(F)cc3-n3cncn3)c(O)c(=O)n2CCS1=O. The van der Waals surface area contributed by atoms with Crippen molar-refractivity contribution in [2.24, 2.45) is 0 Å². The van der Waals surface area contributed by atoms with E-state index in [1.165, 1.54) is 40.1 Å². The Kier molecular flexibility index (Phi) is 5.17. The van der Waals surface area contributed by atoms with Crippen LogP contribution >= 0.6 is 0 Å². The average Bonchev–Trinajstić information content (AvgIpc) is 3.27. The molecule has 0 radical (unpaired) electrons. The first kappa shape index (κ1) is 20.8. The Hall–Kier alpha value is -3.41. The molecule has 3 aromatic rings. The van der Waals surface area contributed by atoms with Gasteiger partial charge >= 0.3 is 0 Å². The molecule has 12 heteroatoms. The highest BCUT2D eigenvalue weighted by atomic mass is 32.2. The second kappa shape index (κ2) is 7.69. The minimum absolute atomic E-state index is 0.0524. The Morgan fingerprint density at radius 3 is 2.87 bits per heavy atom. The van der Waals surface area contributed by atoms with Crippen molar-refractivity contribution in [1.82, 2.24) is 29.6 Å². The highest BCUT2D eigenvalue weighted by Gasteiger charge is 2.38. The van der Waals surface area contributed by atoms with E-state index in [4.69, 9.17) is 0 Å². The van der Waals surface area contributed by atoms with Gasteiger partial charge in [-0.05, 0) is 31.5 Å². The Bertz CT molecular complexity index is 1260. The van der Waals surface area contributed by atoms with Crippen LogP contribution in [0.25, 0.3) is 5.69 Å². The number of aromatic nitrogens is 5. The van der Waals surface area contributed by atoms with Gasteiger partial charge in [0.15, 0.2) is 5.69 Å². The standard InChI is InChI=1S/C19H19FN6O4S/c1-19(2)18-24-14(15(27)17(29)25(18)5-6-31(19)30)16(28)22-8-11-3-4-12(20)7-13(11)26-10-21-9-23-26/h3-4,7,9-10,27H,5-6,8H2,1-2H3,(H,22,28). The third-order valence-electron chi connectivity index (χ3n) is 5.12. The number of amides is 1. The van der Waals surface area contributed by atoms with E-state index in [1.807, 2.05) is 0 Å². The van der Waals surface area contributed by atoms with Crippen molar-refractivity contribution in [2.75, 3.05) is 5.75 Å².